The van der Waals surface area contributed by atoms with Gasteiger partial charge in [-0.25, -0.2) is 4.39 Å². The summed E-state index contributed by atoms with van der Waals surface area (Å²) in [5.41, 5.74) is 4.58. The highest BCUT2D eigenvalue weighted by atomic mass is 19.3. The van der Waals surface area contributed by atoms with Crippen LogP contribution in [0.4, 0.5) is 18.9 Å². The van der Waals surface area contributed by atoms with Gasteiger partial charge >= 0.3 is 6.61 Å². The molecule has 1 saturated heterocycles. The molecule has 1 unspecified atom stereocenters. The summed E-state index contributed by atoms with van der Waals surface area (Å²) in [6.45, 7) is 7.98. The fraction of sp³-hybridized carbons (Fsp3) is 0.500. The van der Waals surface area contributed by atoms with E-state index in [0.717, 1.165) is 34.2 Å². The Morgan fingerprint density at radius 2 is 1.88 bits per heavy atom. The van der Waals surface area contributed by atoms with Gasteiger partial charge in [-0.1, -0.05) is 30.7 Å². The maximum atomic E-state index is 15.0. The SMILES string of the molecule is CCC(c1c(C)cccc1OC(F)F)[C@H]1Cc2cc(N3CC(C(C)(C)O)C3)c(F)cc2C=C1C. The number of hydrogen-bond donors (Lipinski definition) is 1. The largest absolute Gasteiger partial charge is 0.435 e. The Morgan fingerprint density at radius 1 is 1.18 bits per heavy atom. The van der Waals surface area contributed by atoms with Crippen LogP contribution in [0.15, 0.2) is 35.9 Å². The third-order valence-electron chi connectivity index (χ3n) is 7.63. The summed E-state index contributed by atoms with van der Waals surface area (Å²) in [5.74, 6) is 0.179. The number of rotatable bonds is 7. The molecule has 184 valence electrons. The molecule has 1 heterocycles. The Bertz CT molecular complexity index is 1080. The van der Waals surface area contributed by atoms with Crippen LogP contribution in [-0.2, 0) is 6.42 Å². The summed E-state index contributed by atoms with van der Waals surface area (Å²) < 4.78 is 46.1. The zero-order chi connectivity index (χ0) is 24.8. The van der Waals surface area contributed by atoms with E-state index in [1.165, 1.54) is 0 Å². The van der Waals surface area contributed by atoms with E-state index in [2.05, 4.69) is 6.92 Å². The lowest BCUT2D eigenvalue weighted by atomic mass is 9.72. The van der Waals surface area contributed by atoms with Crippen LogP contribution in [0.5, 0.6) is 5.75 Å². The number of allylic oxidation sites excluding steroid dienone is 1. The van der Waals surface area contributed by atoms with E-state index in [0.29, 0.717) is 25.2 Å². The number of fused-ring (bicyclic) bond motifs is 1. The van der Waals surface area contributed by atoms with E-state index in [9.17, 15) is 18.3 Å². The Labute approximate surface area is 200 Å². The molecule has 0 aromatic heterocycles. The first-order valence-corrected chi connectivity index (χ1v) is 12.0. The van der Waals surface area contributed by atoms with Gasteiger partial charge in [-0.15, -0.1) is 0 Å². The van der Waals surface area contributed by atoms with E-state index in [-0.39, 0.29) is 29.3 Å². The highest BCUT2D eigenvalue weighted by Crippen LogP contribution is 2.45. The van der Waals surface area contributed by atoms with Gasteiger partial charge in [0.1, 0.15) is 11.6 Å². The molecule has 6 heteroatoms. The molecular formula is C28H34F3NO2. The molecule has 2 aromatic rings. The van der Waals surface area contributed by atoms with Crippen LogP contribution in [0.2, 0.25) is 0 Å². The Balaban J connectivity index is 1.65. The summed E-state index contributed by atoms with van der Waals surface area (Å²) >= 11 is 0. The van der Waals surface area contributed by atoms with Crippen molar-refractivity contribution in [3.63, 3.8) is 0 Å². The third kappa shape index (κ3) is 4.70. The highest BCUT2D eigenvalue weighted by Gasteiger charge is 2.39. The molecule has 2 aliphatic rings. The molecule has 4 rings (SSSR count). The quantitative estimate of drug-likeness (QED) is 0.485. The number of ether oxygens (including phenoxy) is 1. The molecule has 2 aromatic carbocycles. The van der Waals surface area contributed by atoms with Crippen LogP contribution < -0.4 is 9.64 Å². The summed E-state index contributed by atoms with van der Waals surface area (Å²) in [6.07, 6.45) is 3.50. The highest BCUT2D eigenvalue weighted by molar-refractivity contribution is 5.66. The number of aliphatic hydroxyl groups is 1. The average Bonchev–Trinajstić information content (AvgIpc) is 2.69. The summed E-state index contributed by atoms with van der Waals surface area (Å²) in [5, 5.41) is 10.2. The minimum absolute atomic E-state index is 0.00331. The monoisotopic (exact) mass is 473 g/mol. The van der Waals surface area contributed by atoms with Crippen molar-refractivity contribution in [2.45, 2.75) is 65.6 Å². The van der Waals surface area contributed by atoms with Crippen molar-refractivity contribution >= 4 is 11.8 Å². The van der Waals surface area contributed by atoms with Gasteiger partial charge in [0.2, 0.25) is 0 Å². The van der Waals surface area contributed by atoms with Gasteiger partial charge < -0.3 is 14.7 Å². The fourth-order valence-corrected chi connectivity index (χ4v) is 5.52. The first kappa shape index (κ1) is 24.6. The van der Waals surface area contributed by atoms with Crippen LogP contribution in [0.3, 0.4) is 0 Å². The number of aryl methyl sites for hydroxylation is 1. The van der Waals surface area contributed by atoms with Gasteiger partial charge in [-0.05, 0) is 87.3 Å². The van der Waals surface area contributed by atoms with Crippen molar-refractivity contribution in [1.82, 2.24) is 0 Å². The number of alkyl halides is 2. The lowest BCUT2D eigenvalue weighted by molar-refractivity contribution is -0.0508. The van der Waals surface area contributed by atoms with E-state index in [1.807, 2.05) is 37.0 Å². The minimum atomic E-state index is -2.88. The first-order valence-electron chi connectivity index (χ1n) is 12.0. The average molecular weight is 474 g/mol. The van der Waals surface area contributed by atoms with Crippen molar-refractivity contribution < 1.29 is 23.0 Å². The predicted molar refractivity (Wildman–Crippen MR) is 130 cm³/mol. The number of anilines is 1. The van der Waals surface area contributed by atoms with Gasteiger partial charge in [-0.2, -0.15) is 8.78 Å². The Hall–Kier alpha value is -2.47. The maximum absolute atomic E-state index is 15.0. The summed E-state index contributed by atoms with van der Waals surface area (Å²) in [4.78, 5) is 1.98. The molecule has 2 atom stereocenters. The second kappa shape index (κ2) is 9.29. The Morgan fingerprint density at radius 3 is 2.50 bits per heavy atom. The zero-order valence-corrected chi connectivity index (χ0v) is 20.5. The fourth-order valence-electron chi connectivity index (χ4n) is 5.52. The molecule has 0 spiro atoms. The lowest BCUT2D eigenvalue weighted by Crippen LogP contribution is -2.56. The molecule has 3 nitrogen and oxygen atoms in total. The molecule has 1 aliphatic carbocycles. The van der Waals surface area contributed by atoms with Crippen LogP contribution in [0.1, 0.15) is 62.3 Å². The maximum Gasteiger partial charge on any atom is 0.387 e. The normalized spacial score (nSPS) is 19.5. The van der Waals surface area contributed by atoms with Crippen LogP contribution >= 0.6 is 0 Å². The van der Waals surface area contributed by atoms with Gasteiger partial charge in [0.25, 0.3) is 0 Å². The van der Waals surface area contributed by atoms with Crippen molar-refractivity contribution in [2.75, 3.05) is 18.0 Å². The second-order valence-electron chi connectivity index (χ2n) is 10.3. The van der Waals surface area contributed by atoms with Gasteiger partial charge in [0.15, 0.2) is 0 Å². The molecule has 34 heavy (non-hydrogen) atoms. The molecule has 1 fully saturated rings. The molecule has 1 N–H and O–H groups in total. The van der Waals surface area contributed by atoms with Crippen LogP contribution in [0.25, 0.3) is 6.08 Å². The van der Waals surface area contributed by atoms with E-state index < -0.39 is 12.2 Å². The minimum Gasteiger partial charge on any atom is -0.435 e. The van der Waals surface area contributed by atoms with Crippen molar-refractivity contribution in [3.05, 3.63) is 64.0 Å². The number of halogens is 3. The Kier molecular flexibility index (Phi) is 6.74. The zero-order valence-electron chi connectivity index (χ0n) is 20.5. The standard InChI is InChI=1S/C28H34F3NO2/c1-6-21(26-16(2)8-7-9-25(26)34-27(30)31)22-11-19-13-24(23(29)12-18(19)10-17(22)3)32-14-20(15-32)28(4,5)33/h7-10,12-13,20-22,27,33H,6,11,14-15H2,1-5H3/t21?,22-/m0/s1. The summed E-state index contributed by atoms with van der Waals surface area (Å²) in [6, 6.07) is 8.82. The molecular weight excluding hydrogens is 439 g/mol. The van der Waals surface area contributed by atoms with Crippen molar-refractivity contribution in [2.24, 2.45) is 11.8 Å². The van der Waals surface area contributed by atoms with Gasteiger partial charge in [0, 0.05) is 24.6 Å². The van der Waals surface area contributed by atoms with E-state index in [4.69, 9.17) is 4.74 Å². The van der Waals surface area contributed by atoms with E-state index >= 15 is 0 Å². The van der Waals surface area contributed by atoms with Crippen LogP contribution in [0, 0.1) is 24.6 Å². The molecule has 1 aliphatic heterocycles. The van der Waals surface area contributed by atoms with Crippen molar-refractivity contribution in [1.29, 1.82) is 0 Å². The van der Waals surface area contributed by atoms with Crippen molar-refractivity contribution in [3.8, 4) is 5.75 Å². The smallest absolute Gasteiger partial charge is 0.387 e. The van der Waals surface area contributed by atoms with E-state index in [1.54, 1.807) is 32.0 Å². The van der Waals surface area contributed by atoms with Crippen LogP contribution in [-0.4, -0.2) is 30.4 Å². The lowest BCUT2D eigenvalue weighted by Gasteiger charge is -2.47. The molecule has 0 amide bonds. The topological polar surface area (TPSA) is 32.7 Å². The molecule has 0 bridgehead atoms. The number of nitrogens with zero attached hydrogens (tertiary/aromatic N) is 1. The molecule has 0 radical (unpaired) electrons. The number of hydrogen-bond acceptors (Lipinski definition) is 3. The van der Waals surface area contributed by atoms with Gasteiger partial charge in [-0.3, -0.25) is 0 Å². The third-order valence-corrected chi connectivity index (χ3v) is 7.63. The molecule has 0 saturated carbocycles. The summed E-state index contributed by atoms with van der Waals surface area (Å²) in [7, 11) is 0. The number of benzene rings is 2. The van der Waals surface area contributed by atoms with Gasteiger partial charge in [0.05, 0.1) is 11.3 Å². The first-order chi connectivity index (χ1) is 16.0. The second-order valence-corrected chi connectivity index (χ2v) is 10.3. The predicted octanol–water partition coefficient (Wildman–Crippen LogP) is 6.71.